The third-order valence-electron chi connectivity index (χ3n) is 2.70. The number of methoxy groups -OCH3 is 1. The molecular weight excluding hydrogens is 256 g/mol. The van der Waals surface area contributed by atoms with E-state index in [1.807, 2.05) is 0 Å². The Bertz CT molecular complexity index is 646. The third-order valence-corrected chi connectivity index (χ3v) is 2.97. The van der Waals surface area contributed by atoms with Gasteiger partial charge in [-0.2, -0.15) is 0 Å². The van der Waals surface area contributed by atoms with Crippen LogP contribution >= 0.6 is 11.6 Å². The number of H-pyrrole nitrogens is 1. The van der Waals surface area contributed by atoms with Gasteiger partial charge in [-0.1, -0.05) is 22.8 Å². The van der Waals surface area contributed by atoms with Gasteiger partial charge in [-0.3, -0.25) is 0 Å². The predicted octanol–water partition coefficient (Wildman–Crippen LogP) is 2.64. The fourth-order valence-corrected chi connectivity index (χ4v) is 2.14. The van der Waals surface area contributed by atoms with E-state index >= 15 is 0 Å². The van der Waals surface area contributed by atoms with Crippen molar-refractivity contribution in [3.05, 3.63) is 35.0 Å². The Morgan fingerprint density at radius 2 is 2.22 bits per heavy atom. The Labute approximate surface area is 108 Å². The van der Waals surface area contributed by atoms with Gasteiger partial charge in [-0.15, -0.1) is 0 Å². The SMILES string of the molecule is COC(=O)c1ccc2c(C(Cl)=NO)c(C)[nH]c2c1. The van der Waals surface area contributed by atoms with Crippen LogP contribution in [0.15, 0.2) is 23.4 Å². The van der Waals surface area contributed by atoms with Crippen LogP contribution in [0, 0.1) is 6.92 Å². The number of nitrogens with one attached hydrogen (secondary N) is 1. The maximum atomic E-state index is 11.4. The summed E-state index contributed by atoms with van der Waals surface area (Å²) in [4.78, 5) is 14.5. The number of carbonyl (C=O) groups is 1. The number of hydrogen-bond donors (Lipinski definition) is 2. The van der Waals surface area contributed by atoms with Crippen molar-refractivity contribution in [3.8, 4) is 0 Å². The number of ether oxygens (including phenoxy) is 1. The van der Waals surface area contributed by atoms with E-state index < -0.39 is 5.97 Å². The fraction of sp³-hybridized carbons (Fsp3) is 0.167. The van der Waals surface area contributed by atoms with Gasteiger partial charge in [0.1, 0.15) is 0 Å². The minimum absolute atomic E-state index is 0.00423. The summed E-state index contributed by atoms with van der Waals surface area (Å²) in [5.74, 6) is -0.410. The molecule has 0 amide bonds. The summed E-state index contributed by atoms with van der Waals surface area (Å²) in [6.45, 7) is 1.81. The van der Waals surface area contributed by atoms with E-state index in [0.29, 0.717) is 11.1 Å². The van der Waals surface area contributed by atoms with Gasteiger partial charge >= 0.3 is 5.97 Å². The molecule has 94 valence electrons. The van der Waals surface area contributed by atoms with E-state index in [9.17, 15) is 4.79 Å². The molecule has 0 atom stereocenters. The fourth-order valence-electron chi connectivity index (χ4n) is 1.89. The molecule has 0 bridgehead atoms. The Balaban J connectivity index is 2.65. The smallest absolute Gasteiger partial charge is 0.337 e. The number of halogens is 1. The lowest BCUT2D eigenvalue weighted by atomic mass is 10.1. The van der Waals surface area contributed by atoms with Gasteiger partial charge in [-0.25, -0.2) is 4.79 Å². The first-order chi connectivity index (χ1) is 8.58. The van der Waals surface area contributed by atoms with E-state index in [1.54, 1.807) is 25.1 Å². The lowest BCUT2D eigenvalue weighted by Crippen LogP contribution is -2.00. The van der Waals surface area contributed by atoms with Crippen LogP contribution in [0.5, 0.6) is 0 Å². The number of rotatable bonds is 2. The molecule has 0 aliphatic carbocycles. The van der Waals surface area contributed by atoms with Crippen molar-refractivity contribution in [3.63, 3.8) is 0 Å². The van der Waals surface area contributed by atoms with Gasteiger partial charge < -0.3 is 14.9 Å². The molecule has 0 fully saturated rings. The zero-order chi connectivity index (χ0) is 13.3. The maximum Gasteiger partial charge on any atom is 0.337 e. The van der Waals surface area contributed by atoms with Crippen molar-refractivity contribution >= 4 is 33.6 Å². The number of oxime groups is 1. The van der Waals surface area contributed by atoms with Crippen LogP contribution in [0.1, 0.15) is 21.6 Å². The quantitative estimate of drug-likeness (QED) is 0.380. The molecule has 6 heteroatoms. The number of fused-ring (bicyclic) bond motifs is 1. The minimum atomic E-state index is -0.410. The highest BCUT2D eigenvalue weighted by Gasteiger charge is 2.15. The number of hydrogen-bond acceptors (Lipinski definition) is 4. The van der Waals surface area contributed by atoms with E-state index in [2.05, 4.69) is 14.9 Å². The molecule has 0 aliphatic heterocycles. The molecule has 2 rings (SSSR count). The first-order valence-corrected chi connectivity index (χ1v) is 5.55. The number of benzene rings is 1. The molecule has 2 aromatic rings. The topological polar surface area (TPSA) is 74.7 Å². The van der Waals surface area contributed by atoms with Gasteiger partial charge in [0.2, 0.25) is 0 Å². The van der Waals surface area contributed by atoms with Crippen LogP contribution < -0.4 is 0 Å². The van der Waals surface area contributed by atoms with Gasteiger partial charge in [0, 0.05) is 22.2 Å². The van der Waals surface area contributed by atoms with Crippen molar-refractivity contribution in [2.45, 2.75) is 6.92 Å². The normalized spacial score (nSPS) is 11.8. The molecule has 5 nitrogen and oxygen atoms in total. The molecule has 1 aromatic carbocycles. The Morgan fingerprint density at radius 3 is 2.83 bits per heavy atom. The number of aryl methyl sites for hydroxylation is 1. The second-order valence-electron chi connectivity index (χ2n) is 3.77. The Morgan fingerprint density at radius 1 is 1.50 bits per heavy atom. The number of carbonyl (C=O) groups excluding carboxylic acids is 1. The Hall–Kier alpha value is -2.01. The number of nitrogens with zero attached hydrogens (tertiary/aromatic N) is 1. The van der Waals surface area contributed by atoms with Crippen molar-refractivity contribution in [1.82, 2.24) is 4.98 Å². The number of aromatic nitrogens is 1. The summed E-state index contributed by atoms with van der Waals surface area (Å²) in [7, 11) is 1.33. The zero-order valence-corrected chi connectivity index (χ0v) is 10.6. The standard InChI is InChI=1S/C12H11ClN2O3/c1-6-10(11(13)15-17)8-4-3-7(12(16)18-2)5-9(8)14-6/h3-5,14,17H,1-2H3. The predicted molar refractivity (Wildman–Crippen MR) is 68.6 cm³/mol. The molecule has 0 unspecified atom stereocenters. The highest BCUT2D eigenvalue weighted by molar-refractivity contribution is 6.70. The van der Waals surface area contributed by atoms with Gasteiger partial charge in [0.25, 0.3) is 0 Å². The highest BCUT2D eigenvalue weighted by Crippen LogP contribution is 2.25. The maximum absolute atomic E-state index is 11.4. The van der Waals surface area contributed by atoms with Crippen molar-refractivity contribution < 1.29 is 14.7 Å². The summed E-state index contributed by atoms with van der Waals surface area (Å²) in [6, 6.07) is 5.03. The summed E-state index contributed by atoms with van der Waals surface area (Å²) >= 11 is 5.83. The summed E-state index contributed by atoms with van der Waals surface area (Å²) in [6.07, 6.45) is 0. The van der Waals surface area contributed by atoms with Crippen molar-refractivity contribution in [2.75, 3.05) is 7.11 Å². The average Bonchev–Trinajstić information content (AvgIpc) is 2.71. The lowest BCUT2D eigenvalue weighted by Gasteiger charge is -1.99. The molecular formula is C12H11ClN2O3. The molecule has 0 saturated carbocycles. The van der Waals surface area contributed by atoms with Crippen LogP contribution in [0.4, 0.5) is 0 Å². The van der Waals surface area contributed by atoms with Crippen LogP contribution in [0.3, 0.4) is 0 Å². The molecule has 0 radical (unpaired) electrons. The van der Waals surface area contributed by atoms with Crippen LogP contribution in [0.2, 0.25) is 0 Å². The zero-order valence-electron chi connectivity index (χ0n) is 9.82. The second-order valence-corrected chi connectivity index (χ2v) is 4.13. The van der Waals surface area contributed by atoms with E-state index in [0.717, 1.165) is 16.6 Å². The van der Waals surface area contributed by atoms with Crippen molar-refractivity contribution in [2.24, 2.45) is 5.16 Å². The van der Waals surface area contributed by atoms with Gasteiger partial charge in [0.15, 0.2) is 5.17 Å². The Kier molecular flexibility index (Phi) is 3.25. The first-order valence-electron chi connectivity index (χ1n) is 5.17. The number of esters is 1. The molecule has 0 spiro atoms. The number of aromatic amines is 1. The highest BCUT2D eigenvalue weighted by atomic mass is 35.5. The van der Waals surface area contributed by atoms with Gasteiger partial charge in [-0.05, 0) is 19.1 Å². The minimum Gasteiger partial charge on any atom is -0.465 e. The summed E-state index contributed by atoms with van der Waals surface area (Å²) in [5, 5.41) is 12.5. The molecule has 2 N–H and O–H groups in total. The molecule has 0 saturated heterocycles. The second kappa shape index (κ2) is 4.70. The average molecular weight is 267 g/mol. The van der Waals surface area contributed by atoms with Crippen molar-refractivity contribution in [1.29, 1.82) is 0 Å². The molecule has 1 heterocycles. The van der Waals surface area contributed by atoms with E-state index in [-0.39, 0.29) is 5.17 Å². The van der Waals surface area contributed by atoms with Crippen LogP contribution in [-0.2, 0) is 4.74 Å². The monoisotopic (exact) mass is 266 g/mol. The molecule has 1 aromatic heterocycles. The van der Waals surface area contributed by atoms with Crippen LogP contribution in [-0.4, -0.2) is 28.4 Å². The van der Waals surface area contributed by atoms with E-state index in [4.69, 9.17) is 16.8 Å². The first kappa shape index (κ1) is 12.4. The van der Waals surface area contributed by atoms with E-state index in [1.165, 1.54) is 7.11 Å². The summed E-state index contributed by atoms with van der Waals surface area (Å²) < 4.78 is 4.65. The van der Waals surface area contributed by atoms with Gasteiger partial charge in [0.05, 0.1) is 12.7 Å². The molecule has 0 aliphatic rings. The summed E-state index contributed by atoms with van der Waals surface area (Å²) in [5.41, 5.74) is 2.54. The van der Waals surface area contributed by atoms with Crippen LogP contribution in [0.25, 0.3) is 10.9 Å². The lowest BCUT2D eigenvalue weighted by molar-refractivity contribution is 0.0601. The molecule has 18 heavy (non-hydrogen) atoms. The third kappa shape index (κ3) is 1.93. The largest absolute Gasteiger partial charge is 0.465 e.